The number of unbranched alkanes of at least 4 members (excludes halogenated alkanes) is 1. The highest BCUT2D eigenvalue weighted by molar-refractivity contribution is 7.90. The normalized spacial score (nSPS) is 12.1. The smallest absolute Gasteiger partial charge is 0.268 e. The molecular formula is C11H14N2O3S2. The van der Waals surface area contributed by atoms with Gasteiger partial charge in [-0.15, -0.1) is 11.3 Å². The van der Waals surface area contributed by atoms with Gasteiger partial charge in [-0.3, -0.25) is 4.79 Å². The third kappa shape index (κ3) is 2.97. The first kappa shape index (κ1) is 13.2. The van der Waals surface area contributed by atoms with Crippen LogP contribution in [-0.4, -0.2) is 24.1 Å². The van der Waals surface area contributed by atoms with E-state index < -0.39 is 9.84 Å². The Balaban J connectivity index is 2.29. The molecule has 2 aromatic heterocycles. The van der Waals surface area contributed by atoms with Gasteiger partial charge >= 0.3 is 0 Å². The summed E-state index contributed by atoms with van der Waals surface area (Å²) in [6.45, 7) is 1.94. The van der Waals surface area contributed by atoms with Crippen LogP contribution in [0.2, 0.25) is 0 Å². The fourth-order valence-corrected chi connectivity index (χ4v) is 3.79. The Bertz CT molecular complexity index is 700. The molecule has 0 aliphatic heterocycles. The minimum absolute atomic E-state index is 0.134. The minimum atomic E-state index is -3.19. The number of sulfone groups is 1. The summed E-state index contributed by atoms with van der Waals surface area (Å²) < 4.78 is 24.1. The van der Waals surface area contributed by atoms with Gasteiger partial charge in [0.15, 0.2) is 9.84 Å². The molecule has 0 unspecified atom stereocenters. The number of aromatic amines is 1. The maximum Gasteiger partial charge on any atom is 0.268 e. The molecule has 0 spiro atoms. The van der Waals surface area contributed by atoms with Crippen LogP contribution >= 0.6 is 11.3 Å². The lowest BCUT2D eigenvalue weighted by Gasteiger charge is -2.03. The molecular weight excluding hydrogens is 272 g/mol. The summed E-state index contributed by atoms with van der Waals surface area (Å²) in [5.41, 5.74) is 0.292. The monoisotopic (exact) mass is 286 g/mol. The molecule has 0 bridgehead atoms. The molecule has 0 fully saturated rings. The first-order valence-corrected chi connectivity index (χ1v) is 8.39. The molecule has 0 radical (unpaired) electrons. The van der Waals surface area contributed by atoms with E-state index in [0.29, 0.717) is 16.6 Å². The van der Waals surface area contributed by atoms with Gasteiger partial charge in [0.1, 0.15) is 16.3 Å². The molecule has 0 aliphatic rings. The van der Waals surface area contributed by atoms with Crippen LogP contribution in [-0.2, 0) is 15.6 Å². The molecule has 0 aliphatic carbocycles. The summed E-state index contributed by atoms with van der Waals surface area (Å²) in [4.78, 5) is 18.4. The SMILES string of the molecule is CCCCS(=O)(=O)Cc1nc2ccsc2c(=O)[nH]1. The van der Waals surface area contributed by atoms with Gasteiger partial charge < -0.3 is 4.98 Å². The summed E-state index contributed by atoms with van der Waals surface area (Å²) in [5.74, 6) is 0.158. The molecule has 0 aromatic carbocycles. The van der Waals surface area contributed by atoms with Crippen LogP contribution in [0.4, 0.5) is 0 Å². The number of nitrogens with zero attached hydrogens (tertiary/aromatic N) is 1. The number of hydrogen-bond acceptors (Lipinski definition) is 5. The van der Waals surface area contributed by atoms with E-state index in [-0.39, 0.29) is 22.9 Å². The fourth-order valence-electron chi connectivity index (χ4n) is 1.63. The Labute approximate surface area is 109 Å². The average Bonchev–Trinajstić information content (AvgIpc) is 2.74. The molecule has 2 rings (SSSR count). The molecule has 0 saturated carbocycles. The van der Waals surface area contributed by atoms with Crippen LogP contribution in [0.25, 0.3) is 10.2 Å². The molecule has 0 atom stereocenters. The summed E-state index contributed by atoms with van der Waals surface area (Å²) in [6.07, 6.45) is 1.46. The second-order valence-electron chi connectivity index (χ2n) is 4.09. The molecule has 7 heteroatoms. The Kier molecular flexibility index (Phi) is 3.82. The lowest BCUT2D eigenvalue weighted by Crippen LogP contribution is -2.16. The molecule has 5 nitrogen and oxygen atoms in total. The number of rotatable bonds is 5. The Morgan fingerprint density at radius 1 is 1.44 bits per heavy atom. The van der Waals surface area contributed by atoms with Crippen LogP contribution in [0.1, 0.15) is 25.6 Å². The van der Waals surface area contributed by atoms with Crippen molar-refractivity contribution in [1.29, 1.82) is 0 Å². The second kappa shape index (κ2) is 5.19. The molecule has 2 aromatic rings. The van der Waals surface area contributed by atoms with Gasteiger partial charge in [0.05, 0.1) is 11.3 Å². The number of hydrogen-bond donors (Lipinski definition) is 1. The molecule has 98 valence electrons. The summed E-state index contributed by atoms with van der Waals surface area (Å²) >= 11 is 1.30. The van der Waals surface area contributed by atoms with Crippen molar-refractivity contribution in [3.8, 4) is 0 Å². The molecule has 18 heavy (non-hydrogen) atoms. The van der Waals surface area contributed by atoms with Crippen molar-refractivity contribution in [3.63, 3.8) is 0 Å². The van der Waals surface area contributed by atoms with Crippen LogP contribution in [0.15, 0.2) is 16.2 Å². The third-order valence-electron chi connectivity index (χ3n) is 2.53. The highest BCUT2D eigenvalue weighted by Gasteiger charge is 2.14. The standard InChI is InChI=1S/C11H14N2O3S2/c1-2-3-6-18(15,16)7-9-12-8-4-5-17-10(8)11(14)13-9/h4-5H,2-3,6-7H2,1H3,(H,12,13,14). The zero-order valence-electron chi connectivity index (χ0n) is 9.97. The van der Waals surface area contributed by atoms with Gasteiger partial charge in [-0.25, -0.2) is 13.4 Å². The largest absolute Gasteiger partial charge is 0.308 e. The summed E-state index contributed by atoms with van der Waals surface area (Å²) in [7, 11) is -3.19. The van der Waals surface area contributed by atoms with Gasteiger partial charge in [0.2, 0.25) is 0 Å². The Morgan fingerprint density at radius 2 is 2.22 bits per heavy atom. The van der Waals surface area contributed by atoms with Crippen molar-refractivity contribution >= 4 is 31.4 Å². The number of thiophene rings is 1. The predicted molar refractivity (Wildman–Crippen MR) is 72.6 cm³/mol. The lowest BCUT2D eigenvalue weighted by atomic mass is 10.4. The van der Waals surface area contributed by atoms with E-state index in [4.69, 9.17) is 0 Å². The van der Waals surface area contributed by atoms with Gasteiger partial charge in [-0.05, 0) is 17.9 Å². The molecule has 1 N–H and O–H groups in total. The van der Waals surface area contributed by atoms with Crippen LogP contribution in [0.3, 0.4) is 0 Å². The van der Waals surface area contributed by atoms with E-state index in [1.807, 2.05) is 6.92 Å². The van der Waals surface area contributed by atoms with Gasteiger partial charge in [0, 0.05) is 0 Å². The van der Waals surface area contributed by atoms with Crippen LogP contribution < -0.4 is 5.56 Å². The van der Waals surface area contributed by atoms with E-state index in [9.17, 15) is 13.2 Å². The highest BCUT2D eigenvalue weighted by Crippen LogP contribution is 2.14. The van der Waals surface area contributed by atoms with E-state index in [1.165, 1.54) is 11.3 Å². The zero-order chi connectivity index (χ0) is 13.2. The van der Waals surface area contributed by atoms with E-state index >= 15 is 0 Å². The molecule has 0 amide bonds. The molecule has 0 saturated heterocycles. The summed E-state index contributed by atoms with van der Waals surface area (Å²) in [5, 5.41) is 1.77. The zero-order valence-corrected chi connectivity index (χ0v) is 11.6. The first-order chi connectivity index (χ1) is 8.52. The highest BCUT2D eigenvalue weighted by atomic mass is 32.2. The first-order valence-electron chi connectivity index (χ1n) is 5.68. The van der Waals surface area contributed by atoms with Crippen LogP contribution in [0, 0.1) is 0 Å². The van der Waals surface area contributed by atoms with E-state index in [1.54, 1.807) is 11.4 Å². The van der Waals surface area contributed by atoms with Crippen molar-refractivity contribution in [1.82, 2.24) is 9.97 Å². The lowest BCUT2D eigenvalue weighted by molar-refractivity contribution is 0.590. The fraction of sp³-hybridized carbons (Fsp3) is 0.455. The Hall–Kier alpha value is -1.21. The van der Waals surface area contributed by atoms with Crippen molar-refractivity contribution in [2.45, 2.75) is 25.5 Å². The Morgan fingerprint density at radius 3 is 2.94 bits per heavy atom. The van der Waals surface area contributed by atoms with Gasteiger partial charge in [-0.1, -0.05) is 13.3 Å². The summed E-state index contributed by atoms with van der Waals surface area (Å²) in [6, 6.07) is 1.72. The number of fused-ring (bicyclic) bond motifs is 1. The maximum absolute atomic E-state index is 11.8. The topological polar surface area (TPSA) is 79.9 Å². The van der Waals surface area contributed by atoms with Crippen molar-refractivity contribution in [2.75, 3.05) is 5.75 Å². The number of nitrogens with one attached hydrogen (secondary N) is 1. The maximum atomic E-state index is 11.8. The van der Waals surface area contributed by atoms with E-state index in [2.05, 4.69) is 9.97 Å². The quantitative estimate of drug-likeness (QED) is 0.907. The molecule has 2 heterocycles. The number of H-pyrrole nitrogens is 1. The average molecular weight is 286 g/mol. The number of aromatic nitrogens is 2. The van der Waals surface area contributed by atoms with Crippen LogP contribution in [0.5, 0.6) is 0 Å². The van der Waals surface area contributed by atoms with Crippen molar-refractivity contribution in [2.24, 2.45) is 0 Å². The predicted octanol–water partition coefficient (Wildman–Crippen LogP) is 1.70. The second-order valence-corrected chi connectivity index (χ2v) is 7.19. The van der Waals surface area contributed by atoms with Crippen molar-refractivity contribution < 1.29 is 8.42 Å². The third-order valence-corrected chi connectivity index (χ3v) is 5.06. The van der Waals surface area contributed by atoms with E-state index in [0.717, 1.165) is 6.42 Å². The van der Waals surface area contributed by atoms with Gasteiger partial charge in [-0.2, -0.15) is 0 Å². The van der Waals surface area contributed by atoms with Crippen molar-refractivity contribution in [3.05, 3.63) is 27.6 Å². The minimum Gasteiger partial charge on any atom is -0.308 e. The van der Waals surface area contributed by atoms with Gasteiger partial charge in [0.25, 0.3) is 5.56 Å².